The number of hydrogen-bond acceptors (Lipinski definition) is 14. The third-order valence-electron chi connectivity index (χ3n) is 16.7. The van der Waals surface area contributed by atoms with Crippen LogP contribution < -0.4 is 0 Å². The molecule has 3 heterocycles. The zero-order valence-electron chi connectivity index (χ0n) is 33.6. The van der Waals surface area contributed by atoms with Gasteiger partial charge in [0.15, 0.2) is 12.6 Å². The highest BCUT2D eigenvalue weighted by Crippen LogP contribution is 2.74. The molecule has 0 bridgehead atoms. The van der Waals surface area contributed by atoms with Gasteiger partial charge in [0.05, 0.1) is 37.1 Å². The normalized spacial score (nSPS) is 54.7. The second kappa shape index (κ2) is 14.2. The van der Waals surface area contributed by atoms with Gasteiger partial charge >= 0.3 is 5.97 Å². The van der Waals surface area contributed by atoms with Crippen LogP contribution in [0.4, 0.5) is 0 Å². The number of carbonyl (C=O) groups excluding carboxylic acids is 1. The molecule has 7 rings (SSSR count). The van der Waals surface area contributed by atoms with Gasteiger partial charge in [0.2, 0.25) is 0 Å². The Bertz CT molecular complexity index is 1490. The van der Waals surface area contributed by atoms with Crippen molar-refractivity contribution in [2.24, 2.45) is 44.8 Å². The topological polar surface area (TPSA) is 225 Å². The van der Waals surface area contributed by atoms with Crippen LogP contribution in [0.1, 0.15) is 100 Å². The lowest BCUT2D eigenvalue weighted by Crippen LogP contribution is -2.68. The third kappa shape index (κ3) is 6.13. The monoisotopic (exact) mass is 782 g/mol. The van der Waals surface area contributed by atoms with Crippen molar-refractivity contribution in [3.8, 4) is 0 Å². The molecule has 7 aliphatic rings. The average Bonchev–Trinajstić information content (AvgIpc) is 3.45. The van der Waals surface area contributed by atoms with Gasteiger partial charge in [-0.3, -0.25) is 4.79 Å². The van der Waals surface area contributed by atoms with E-state index in [1.165, 1.54) is 6.92 Å². The first-order valence-electron chi connectivity index (χ1n) is 20.5. The molecule has 6 fully saturated rings. The van der Waals surface area contributed by atoms with Crippen LogP contribution in [-0.2, 0) is 28.5 Å². The van der Waals surface area contributed by atoms with Gasteiger partial charge in [0.1, 0.15) is 48.1 Å². The van der Waals surface area contributed by atoms with E-state index in [0.29, 0.717) is 32.1 Å². The largest absolute Gasteiger partial charge is 0.461 e. The van der Waals surface area contributed by atoms with Crippen LogP contribution in [0.5, 0.6) is 0 Å². The van der Waals surface area contributed by atoms with E-state index in [2.05, 4.69) is 40.7 Å². The molecule has 0 aromatic carbocycles. The van der Waals surface area contributed by atoms with Crippen LogP contribution in [0.15, 0.2) is 11.6 Å². The van der Waals surface area contributed by atoms with Crippen molar-refractivity contribution >= 4 is 5.97 Å². The van der Waals surface area contributed by atoms with Gasteiger partial charge in [0.25, 0.3) is 0 Å². The Morgan fingerprint density at radius 2 is 1.51 bits per heavy atom. The fraction of sp³-hybridized carbons (Fsp3) is 0.927. The molecule has 8 N–H and O–H groups in total. The Labute approximate surface area is 324 Å². The quantitative estimate of drug-likeness (QED) is 0.108. The maximum absolute atomic E-state index is 13.6. The summed E-state index contributed by atoms with van der Waals surface area (Å²) < 4.78 is 29.9. The zero-order chi connectivity index (χ0) is 40.4. The van der Waals surface area contributed by atoms with Crippen molar-refractivity contribution < 1.29 is 69.3 Å². The minimum absolute atomic E-state index is 0.0804. The summed E-state index contributed by atoms with van der Waals surface area (Å²) >= 11 is 0. The predicted octanol–water partition coefficient (Wildman–Crippen LogP) is 1.30. The van der Waals surface area contributed by atoms with Crippen LogP contribution in [-0.4, -0.2) is 139 Å². The summed E-state index contributed by atoms with van der Waals surface area (Å²) in [5, 5.41) is 87.4. The molecule has 21 atom stereocenters. The molecule has 4 aliphatic carbocycles. The Morgan fingerprint density at radius 1 is 0.818 bits per heavy atom. The first-order valence-corrected chi connectivity index (χ1v) is 20.5. The van der Waals surface area contributed by atoms with Gasteiger partial charge in [-0.05, 0) is 91.4 Å². The minimum Gasteiger partial charge on any atom is -0.461 e. The van der Waals surface area contributed by atoms with Gasteiger partial charge in [-0.25, -0.2) is 0 Å². The second-order valence-corrected chi connectivity index (χ2v) is 19.8. The van der Waals surface area contributed by atoms with Crippen molar-refractivity contribution in [1.82, 2.24) is 0 Å². The molecule has 14 nitrogen and oxygen atoms in total. The molecule has 0 radical (unpaired) electrons. The van der Waals surface area contributed by atoms with Gasteiger partial charge in [0, 0.05) is 12.3 Å². The van der Waals surface area contributed by atoms with E-state index < -0.39 is 102 Å². The molecule has 0 aromatic rings. The smallest absolute Gasteiger partial charge is 0.315 e. The number of aliphatic hydroxyl groups is 8. The maximum Gasteiger partial charge on any atom is 0.315 e. The third-order valence-corrected chi connectivity index (χ3v) is 16.7. The molecule has 0 aromatic heterocycles. The Morgan fingerprint density at radius 3 is 2.18 bits per heavy atom. The van der Waals surface area contributed by atoms with E-state index in [9.17, 15) is 45.6 Å². The molecule has 1 spiro atoms. The van der Waals surface area contributed by atoms with E-state index in [0.717, 1.165) is 18.4 Å². The number of ether oxygens (including phenoxy) is 5. The summed E-state index contributed by atoms with van der Waals surface area (Å²) in [5.74, 6) is -0.412. The summed E-state index contributed by atoms with van der Waals surface area (Å²) in [4.78, 5) is 13.6. The highest BCUT2D eigenvalue weighted by atomic mass is 16.8. The van der Waals surface area contributed by atoms with Gasteiger partial charge in [-0.1, -0.05) is 47.6 Å². The van der Waals surface area contributed by atoms with Crippen LogP contribution in [0.2, 0.25) is 0 Å². The molecular weight excluding hydrogens is 716 g/mol. The van der Waals surface area contributed by atoms with E-state index in [1.54, 1.807) is 6.92 Å². The van der Waals surface area contributed by atoms with Crippen LogP contribution in [0.25, 0.3) is 0 Å². The van der Waals surface area contributed by atoms with E-state index in [4.69, 9.17) is 23.7 Å². The maximum atomic E-state index is 13.6. The second-order valence-electron chi connectivity index (χ2n) is 19.8. The first kappa shape index (κ1) is 41.9. The summed E-state index contributed by atoms with van der Waals surface area (Å²) in [6.45, 7) is 15.8. The van der Waals surface area contributed by atoms with Crippen LogP contribution in [0.3, 0.4) is 0 Å². The molecule has 14 heteroatoms. The average molecular weight is 783 g/mol. The lowest BCUT2D eigenvalue weighted by Gasteiger charge is -2.70. The van der Waals surface area contributed by atoms with Gasteiger partial charge in [-0.15, -0.1) is 0 Å². The predicted molar refractivity (Wildman–Crippen MR) is 195 cm³/mol. The number of fused-ring (bicyclic) bond motifs is 5. The standard InChI is InChI=1S/C41H66O14/c1-18(19(2)42)24-16-41(36(50)53-24)14-13-39(7)21(32(41)49)9-10-26-38(6)15-22(43)33(37(4,5)25(38)11-12-40(26,39)8)55-35-31(28(46)23(44)17-51-35)54-34-30(48)29(47)27(45)20(3)52-34/h9,18-20,22-35,42-49H,10-17H2,1-8H3/t18-,19+,20-,22+,23+,24+,25-,26+,27-,28-,29+,30+,31+,32-,33-,34-,35-,38-,39+,40+,41+/m0/s1. The van der Waals surface area contributed by atoms with Crippen molar-refractivity contribution in [2.75, 3.05) is 6.61 Å². The SMILES string of the molecule is C[C@@H]([C@@H](C)O)[C@H]1C[C@@]2(CC[C@]3(C)C(=CC[C@@H]4[C@@]5(C)C[C@@H](O)[C@H](O[C@@H]6OC[C@@H](O)[C@H](O)[C@H]6O[C@@H]6O[C@@H](C)[C@H](O)[C@@H](O)[C@H]6O)C(C)(C)[C@@H]5CC[C@]43C)[C@@H]2O)C(=O)O1. The molecule has 0 amide bonds. The Hall–Kier alpha value is -1.27. The molecule has 55 heavy (non-hydrogen) atoms. The fourth-order valence-electron chi connectivity index (χ4n) is 12.9. The van der Waals surface area contributed by atoms with Gasteiger partial charge in [-0.2, -0.15) is 0 Å². The summed E-state index contributed by atoms with van der Waals surface area (Å²) in [7, 11) is 0. The molecule has 3 saturated heterocycles. The van der Waals surface area contributed by atoms with E-state index >= 15 is 0 Å². The lowest BCUT2D eigenvalue weighted by atomic mass is 9.34. The minimum atomic E-state index is -1.66. The lowest BCUT2D eigenvalue weighted by molar-refractivity contribution is -0.369. The van der Waals surface area contributed by atoms with Crippen LogP contribution in [0, 0.1) is 44.8 Å². The summed E-state index contributed by atoms with van der Waals surface area (Å²) in [6, 6.07) is 0. The number of carbonyl (C=O) groups is 1. The van der Waals surface area contributed by atoms with E-state index in [1.807, 2.05) is 6.92 Å². The highest BCUT2D eigenvalue weighted by molar-refractivity contribution is 5.81. The molecule has 314 valence electrons. The number of esters is 1. The number of allylic oxidation sites excluding steroid dienone is 1. The van der Waals surface area contributed by atoms with Crippen LogP contribution >= 0.6 is 0 Å². The highest BCUT2D eigenvalue weighted by Gasteiger charge is 2.71. The zero-order valence-corrected chi connectivity index (χ0v) is 33.6. The number of rotatable bonds is 6. The van der Waals surface area contributed by atoms with E-state index in [-0.39, 0.29) is 41.2 Å². The van der Waals surface area contributed by atoms with Gasteiger partial charge < -0.3 is 64.5 Å². The number of aliphatic hydroxyl groups excluding tert-OH is 8. The fourth-order valence-corrected chi connectivity index (χ4v) is 12.9. The molecule has 3 aliphatic heterocycles. The van der Waals surface area contributed by atoms with Crippen molar-refractivity contribution in [3.05, 3.63) is 11.6 Å². The van der Waals surface area contributed by atoms with Crippen molar-refractivity contribution in [2.45, 2.75) is 186 Å². The van der Waals surface area contributed by atoms with Crippen molar-refractivity contribution in [1.29, 1.82) is 0 Å². The summed E-state index contributed by atoms with van der Waals surface area (Å²) in [6.07, 6.45) is -9.78. The molecular formula is C41H66O14. The number of cyclic esters (lactones) is 1. The molecule has 0 unspecified atom stereocenters. The van der Waals surface area contributed by atoms with Crippen molar-refractivity contribution in [3.63, 3.8) is 0 Å². The Balaban J connectivity index is 1.13. The molecule has 3 saturated carbocycles. The number of hydrogen-bond donors (Lipinski definition) is 8. The Kier molecular flexibility index (Phi) is 10.8. The summed E-state index contributed by atoms with van der Waals surface area (Å²) in [5.41, 5.74) is -1.77. The first-order chi connectivity index (χ1) is 25.5.